The van der Waals surface area contributed by atoms with Crippen molar-refractivity contribution in [2.24, 2.45) is 10.8 Å². The van der Waals surface area contributed by atoms with Gasteiger partial charge < -0.3 is 5.11 Å². The fraction of sp³-hybridized carbons (Fsp3) is 0.684. The van der Waals surface area contributed by atoms with Gasteiger partial charge in [0.05, 0.1) is 23.1 Å². The van der Waals surface area contributed by atoms with Gasteiger partial charge in [0.15, 0.2) is 0 Å². The Hall–Kier alpha value is -0.980. The van der Waals surface area contributed by atoms with E-state index in [0.29, 0.717) is 12.2 Å². The van der Waals surface area contributed by atoms with E-state index in [9.17, 15) is 15.5 Å². The Kier molecular flexibility index (Phi) is 3.91. The van der Waals surface area contributed by atoms with Crippen LogP contribution in [0, 0.1) is 10.8 Å². The molecule has 1 aliphatic carbocycles. The predicted octanol–water partition coefficient (Wildman–Crippen LogP) is 3.82. The number of aliphatic hydroxyl groups is 1. The number of hydrogen-bond acceptors (Lipinski definition) is 4. The molecule has 3 N–H and O–H groups in total. The van der Waals surface area contributed by atoms with Gasteiger partial charge in [-0.05, 0) is 61.6 Å². The van der Waals surface area contributed by atoms with E-state index in [1.165, 1.54) is 0 Å². The van der Waals surface area contributed by atoms with E-state index in [1.54, 1.807) is 43.1 Å². The molecule has 0 spiro atoms. The molecule has 134 valence electrons. The van der Waals surface area contributed by atoms with Crippen molar-refractivity contribution in [1.29, 1.82) is 0 Å². The van der Waals surface area contributed by atoms with Crippen LogP contribution in [0.3, 0.4) is 0 Å². The summed E-state index contributed by atoms with van der Waals surface area (Å²) in [4.78, 5) is -1.21. The summed E-state index contributed by atoms with van der Waals surface area (Å²) in [7, 11) is 0. The average Bonchev–Trinajstić information content (AvgIpc) is 2.67. The summed E-state index contributed by atoms with van der Waals surface area (Å²) >= 11 is 0. The zero-order chi connectivity index (χ0) is 18.0. The first kappa shape index (κ1) is 17.8. The minimum atomic E-state index is -1.21. The molecule has 5 nitrogen and oxygen atoms in total. The molecule has 1 aromatic rings. The molecule has 1 heterocycles. The Bertz CT molecular complexity index is 618. The van der Waals surface area contributed by atoms with Gasteiger partial charge in [0, 0.05) is 12.1 Å². The van der Waals surface area contributed by atoms with Crippen molar-refractivity contribution in [2.45, 2.75) is 65.5 Å². The lowest BCUT2D eigenvalue weighted by atomic mass is 9.65. The molecule has 24 heavy (non-hydrogen) atoms. The number of nitrogens with zero attached hydrogens (tertiary/aromatic N) is 2. The number of quaternary nitrogens is 1. The van der Waals surface area contributed by atoms with Crippen molar-refractivity contribution in [3.8, 4) is 0 Å². The fourth-order valence-electron chi connectivity index (χ4n) is 4.97. The molecule has 1 saturated carbocycles. The lowest BCUT2D eigenvalue weighted by molar-refractivity contribution is -0.405. The van der Waals surface area contributed by atoms with Gasteiger partial charge in [-0.25, -0.2) is 0 Å². The molecule has 5 heteroatoms. The zero-order valence-electron chi connectivity index (χ0n) is 15.5. The zero-order valence-corrected chi connectivity index (χ0v) is 15.5. The Balaban J connectivity index is 1.88. The Labute approximate surface area is 144 Å². The van der Waals surface area contributed by atoms with Crippen molar-refractivity contribution < 1.29 is 15.5 Å². The molecule has 1 aliphatic heterocycles. The van der Waals surface area contributed by atoms with Crippen molar-refractivity contribution in [1.82, 2.24) is 9.93 Å². The lowest BCUT2D eigenvalue weighted by Gasteiger charge is -2.39. The van der Waals surface area contributed by atoms with Crippen LogP contribution in [0.5, 0.6) is 0 Å². The normalized spacial score (nSPS) is 30.6. The summed E-state index contributed by atoms with van der Waals surface area (Å²) in [6.07, 6.45) is 3.06. The molecule has 1 saturated heterocycles. The van der Waals surface area contributed by atoms with E-state index >= 15 is 0 Å². The number of benzene rings is 1. The molecule has 2 fully saturated rings. The Morgan fingerprint density at radius 3 is 2.21 bits per heavy atom. The van der Waals surface area contributed by atoms with Gasteiger partial charge in [0.1, 0.15) is 0 Å². The molecular weight excluding hydrogens is 304 g/mol. The molecular formula is C19H31N2O3+. The van der Waals surface area contributed by atoms with Crippen molar-refractivity contribution >= 4 is 5.69 Å². The molecule has 1 aromatic carbocycles. The van der Waals surface area contributed by atoms with E-state index in [1.807, 2.05) is 0 Å². The first-order valence-electron chi connectivity index (χ1n) is 8.78. The number of fused-ring (bicyclic) bond motifs is 2. The van der Waals surface area contributed by atoms with Crippen molar-refractivity contribution in [3.63, 3.8) is 0 Å². The second-order valence-electron chi connectivity index (χ2n) is 9.49. The highest BCUT2D eigenvalue weighted by Gasteiger charge is 2.57. The second-order valence-corrected chi connectivity index (χ2v) is 9.49. The van der Waals surface area contributed by atoms with E-state index in [0.717, 1.165) is 24.8 Å². The molecule has 3 rings (SSSR count). The van der Waals surface area contributed by atoms with Gasteiger partial charge in [-0.3, -0.25) is 0 Å². The molecule has 0 amide bonds. The van der Waals surface area contributed by atoms with Gasteiger partial charge in [-0.1, -0.05) is 25.8 Å². The van der Waals surface area contributed by atoms with E-state index in [-0.39, 0.29) is 16.9 Å². The fourth-order valence-corrected chi connectivity index (χ4v) is 4.97. The quantitative estimate of drug-likeness (QED) is 0.580. The second kappa shape index (κ2) is 5.26. The van der Waals surface area contributed by atoms with Crippen LogP contribution in [-0.2, 0) is 5.60 Å². The third kappa shape index (κ3) is 3.11. The topological polar surface area (TPSA) is 63.9 Å². The average molecular weight is 335 g/mol. The summed E-state index contributed by atoms with van der Waals surface area (Å²) in [5.41, 5.74) is 0.545. The third-order valence-electron chi connectivity index (χ3n) is 5.67. The van der Waals surface area contributed by atoms with E-state index in [4.69, 9.17) is 0 Å². The Morgan fingerprint density at radius 1 is 1.08 bits per heavy atom. The van der Waals surface area contributed by atoms with E-state index in [2.05, 4.69) is 20.8 Å². The van der Waals surface area contributed by atoms with Crippen LogP contribution in [0.15, 0.2) is 24.3 Å². The smallest absolute Gasteiger partial charge is 0.221 e. The lowest BCUT2D eigenvalue weighted by Crippen LogP contribution is -2.59. The standard InChI is InChI=1S/C19H31N2O3/c1-17(2)10-15-11-19(5,12-17)13-20(15)21(23,24)16-8-6-14(7-9-16)18(3,4)22/h6-9,15,22-24H,10-13H2,1-5H3/q+1. The maximum absolute atomic E-state index is 10.9. The molecule has 2 bridgehead atoms. The number of rotatable bonds is 3. The monoisotopic (exact) mass is 335 g/mol. The third-order valence-corrected chi connectivity index (χ3v) is 5.67. The first-order chi connectivity index (χ1) is 10.8. The summed E-state index contributed by atoms with van der Waals surface area (Å²) in [5.74, 6) is 0. The van der Waals surface area contributed by atoms with Crippen LogP contribution in [-0.4, -0.2) is 33.1 Å². The van der Waals surface area contributed by atoms with Crippen LogP contribution in [0.25, 0.3) is 0 Å². The van der Waals surface area contributed by atoms with Crippen molar-refractivity contribution in [3.05, 3.63) is 29.8 Å². The molecule has 2 atom stereocenters. The molecule has 2 aliphatic rings. The minimum Gasteiger partial charge on any atom is -0.386 e. The Morgan fingerprint density at radius 2 is 1.67 bits per heavy atom. The van der Waals surface area contributed by atoms with Crippen molar-refractivity contribution in [2.75, 3.05) is 6.54 Å². The van der Waals surface area contributed by atoms with Gasteiger partial charge in [0.25, 0.3) is 0 Å². The largest absolute Gasteiger partial charge is 0.386 e. The summed E-state index contributed by atoms with van der Waals surface area (Å²) in [5, 5.41) is 33.6. The van der Waals surface area contributed by atoms with Gasteiger partial charge in [-0.15, -0.1) is 0 Å². The maximum atomic E-state index is 10.9. The highest BCUT2D eigenvalue weighted by molar-refractivity contribution is 5.41. The van der Waals surface area contributed by atoms with Crippen LogP contribution in [0.4, 0.5) is 5.69 Å². The summed E-state index contributed by atoms with van der Waals surface area (Å²) in [6.45, 7) is 10.9. The van der Waals surface area contributed by atoms with Crippen LogP contribution < -0.4 is 4.92 Å². The number of hydrogen-bond donors (Lipinski definition) is 3. The molecule has 0 radical (unpaired) electrons. The van der Waals surface area contributed by atoms with E-state index < -0.39 is 10.5 Å². The first-order valence-corrected chi connectivity index (χ1v) is 8.78. The molecule has 0 aromatic heterocycles. The van der Waals surface area contributed by atoms with Gasteiger partial charge in [0.2, 0.25) is 5.69 Å². The summed E-state index contributed by atoms with van der Waals surface area (Å²) in [6, 6.07) is 7.03. The predicted molar refractivity (Wildman–Crippen MR) is 93.3 cm³/mol. The van der Waals surface area contributed by atoms with Crippen LogP contribution >= 0.6 is 0 Å². The molecule has 2 unspecified atom stereocenters. The SMILES string of the molecule is CC1(C)CC2CC(C)(CN2[N+](O)(O)c2ccc(C(C)(C)O)cc2)C1. The van der Waals surface area contributed by atoms with Gasteiger partial charge in [-0.2, -0.15) is 10.4 Å². The van der Waals surface area contributed by atoms with Crippen LogP contribution in [0.1, 0.15) is 59.4 Å². The van der Waals surface area contributed by atoms with Crippen LogP contribution in [0.2, 0.25) is 0 Å². The highest BCUT2D eigenvalue weighted by atomic mass is 16.9. The highest BCUT2D eigenvalue weighted by Crippen LogP contribution is 2.53. The van der Waals surface area contributed by atoms with Gasteiger partial charge >= 0.3 is 0 Å². The maximum Gasteiger partial charge on any atom is 0.221 e. The minimum absolute atomic E-state index is 0.119. The summed E-state index contributed by atoms with van der Waals surface area (Å²) < 4.78 is 0.